The van der Waals surface area contributed by atoms with Gasteiger partial charge in [-0.25, -0.2) is 0 Å². The molecule has 1 aromatic heterocycles. The molecule has 3 unspecified atom stereocenters. The lowest BCUT2D eigenvalue weighted by atomic mass is 9.74. The maximum Gasteiger partial charge on any atom is 0.319 e. The van der Waals surface area contributed by atoms with E-state index in [4.69, 9.17) is 21.1 Å². The monoisotopic (exact) mass is 388 g/mol. The minimum atomic E-state index is -1.43. The molecule has 2 aromatic rings. The van der Waals surface area contributed by atoms with Gasteiger partial charge in [0.2, 0.25) is 0 Å². The molecule has 4 rings (SSSR count). The Balaban J connectivity index is 1.77. The Hall–Kier alpha value is -2.18. The number of alkyl halides is 1. The third kappa shape index (κ3) is 3.28. The molecule has 3 atom stereocenters. The SMILES string of the molecule is Cc1cccc(C2CC2)c1OC1COC(Cl)CC1(C(=O)O)c1cccnn1. The quantitative estimate of drug-likeness (QED) is 0.790. The second-order valence-electron chi connectivity index (χ2n) is 7.21. The number of hydrogen-bond acceptors (Lipinski definition) is 5. The average Bonchev–Trinajstić information content (AvgIpc) is 3.50. The van der Waals surface area contributed by atoms with Crippen molar-refractivity contribution in [2.24, 2.45) is 0 Å². The van der Waals surface area contributed by atoms with E-state index in [1.807, 2.05) is 19.1 Å². The van der Waals surface area contributed by atoms with Crippen LogP contribution in [0.3, 0.4) is 0 Å². The number of para-hydroxylation sites is 1. The standard InChI is InChI=1S/C20H21ClN2O4/c1-12-4-2-5-14(13-7-8-13)18(12)27-16-11-26-17(21)10-20(16,19(24)25)15-6-3-9-22-23-15/h2-6,9,13,16-17H,7-8,10-11H2,1H3,(H,24,25). The second kappa shape index (κ2) is 7.09. The second-order valence-corrected chi connectivity index (χ2v) is 7.69. The lowest BCUT2D eigenvalue weighted by Gasteiger charge is -2.41. The Morgan fingerprint density at radius 2 is 2.15 bits per heavy atom. The van der Waals surface area contributed by atoms with Crippen LogP contribution < -0.4 is 4.74 Å². The summed E-state index contributed by atoms with van der Waals surface area (Å²) in [6.45, 7) is 2.04. The summed E-state index contributed by atoms with van der Waals surface area (Å²) in [5.74, 6) is 0.181. The number of carboxylic acids is 1. The Morgan fingerprint density at radius 3 is 2.81 bits per heavy atom. The van der Waals surface area contributed by atoms with E-state index in [1.54, 1.807) is 12.1 Å². The number of halogens is 1. The number of carbonyl (C=O) groups is 1. The van der Waals surface area contributed by atoms with E-state index in [0.29, 0.717) is 11.6 Å². The normalized spacial score (nSPS) is 27.9. The van der Waals surface area contributed by atoms with E-state index in [0.717, 1.165) is 29.7 Å². The number of aromatic nitrogens is 2. The van der Waals surface area contributed by atoms with Gasteiger partial charge in [-0.15, -0.1) is 0 Å². The largest absolute Gasteiger partial charge is 0.486 e. The molecule has 1 saturated carbocycles. The van der Waals surface area contributed by atoms with Gasteiger partial charge in [-0.1, -0.05) is 29.8 Å². The highest BCUT2D eigenvalue weighted by Crippen LogP contribution is 2.47. The molecule has 6 nitrogen and oxygen atoms in total. The number of rotatable bonds is 5. The number of benzene rings is 1. The van der Waals surface area contributed by atoms with Crippen LogP contribution in [0.2, 0.25) is 0 Å². The molecule has 0 bridgehead atoms. The summed E-state index contributed by atoms with van der Waals surface area (Å²) in [5.41, 5.74) is 0.273. The summed E-state index contributed by atoms with van der Waals surface area (Å²) in [7, 11) is 0. The zero-order chi connectivity index (χ0) is 19.0. The zero-order valence-electron chi connectivity index (χ0n) is 15.0. The van der Waals surface area contributed by atoms with Gasteiger partial charge in [0.15, 0.2) is 5.41 Å². The molecule has 2 heterocycles. The first kappa shape index (κ1) is 18.2. The molecule has 1 aromatic carbocycles. The van der Waals surface area contributed by atoms with Crippen molar-refractivity contribution >= 4 is 17.6 Å². The third-order valence-electron chi connectivity index (χ3n) is 5.39. The van der Waals surface area contributed by atoms with Crippen molar-refractivity contribution in [1.82, 2.24) is 10.2 Å². The van der Waals surface area contributed by atoms with Crippen LogP contribution >= 0.6 is 11.6 Å². The molecular weight excluding hydrogens is 368 g/mol. The van der Waals surface area contributed by atoms with E-state index in [-0.39, 0.29) is 13.0 Å². The molecule has 1 aliphatic heterocycles. The fourth-order valence-electron chi connectivity index (χ4n) is 3.75. The van der Waals surface area contributed by atoms with Crippen LogP contribution in [0.1, 0.15) is 42.0 Å². The number of ether oxygens (including phenoxy) is 2. The summed E-state index contributed by atoms with van der Waals surface area (Å²) in [6, 6.07) is 9.37. The Labute approximate surface area is 162 Å². The van der Waals surface area contributed by atoms with Crippen molar-refractivity contribution < 1.29 is 19.4 Å². The van der Waals surface area contributed by atoms with Crippen LogP contribution in [0.25, 0.3) is 0 Å². The maximum atomic E-state index is 12.5. The van der Waals surface area contributed by atoms with Crippen molar-refractivity contribution in [2.75, 3.05) is 6.61 Å². The molecule has 0 amide bonds. The Morgan fingerprint density at radius 1 is 1.33 bits per heavy atom. The van der Waals surface area contributed by atoms with Crippen LogP contribution in [0.4, 0.5) is 0 Å². The minimum Gasteiger partial charge on any atom is -0.486 e. The van der Waals surface area contributed by atoms with Gasteiger partial charge in [0.1, 0.15) is 17.4 Å². The summed E-state index contributed by atoms with van der Waals surface area (Å²) in [6.07, 6.45) is 3.05. The van der Waals surface area contributed by atoms with E-state index in [1.165, 1.54) is 6.20 Å². The Bertz CT molecular complexity index is 843. The van der Waals surface area contributed by atoms with E-state index < -0.39 is 23.1 Å². The zero-order valence-corrected chi connectivity index (χ0v) is 15.7. The van der Waals surface area contributed by atoms with Crippen molar-refractivity contribution in [2.45, 2.75) is 49.2 Å². The van der Waals surface area contributed by atoms with Gasteiger partial charge in [-0.2, -0.15) is 10.2 Å². The van der Waals surface area contributed by atoms with Gasteiger partial charge in [0.25, 0.3) is 0 Å². The molecule has 2 aliphatic rings. The van der Waals surface area contributed by atoms with Crippen molar-refractivity contribution in [3.8, 4) is 5.75 Å². The predicted octanol–water partition coefficient (Wildman–Crippen LogP) is 3.42. The molecule has 0 radical (unpaired) electrons. The smallest absolute Gasteiger partial charge is 0.319 e. The fourth-order valence-corrected chi connectivity index (χ4v) is 4.07. The average molecular weight is 389 g/mol. The summed E-state index contributed by atoms with van der Waals surface area (Å²) < 4.78 is 11.9. The van der Waals surface area contributed by atoms with Crippen LogP contribution in [0.5, 0.6) is 5.75 Å². The predicted molar refractivity (Wildman–Crippen MR) is 99.1 cm³/mol. The fraction of sp³-hybridized carbons (Fsp3) is 0.450. The molecule has 0 spiro atoms. The van der Waals surface area contributed by atoms with Gasteiger partial charge >= 0.3 is 5.97 Å². The molecule has 2 fully saturated rings. The highest BCUT2D eigenvalue weighted by Gasteiger charge is 2.55. The first-order valence-corrected chi connectivity index (χ1v) is 9.49. The summed E-state index contributed by atoms with van der Waals surface area (Å²) in [4.78, 5) is 12.5. The van der Waals surface area contributed by atoms with E-state index in [2.05, 4.69) is 16.3 Å². The number of carboxylic acid groups (broad SMARTS) is 1. The topological polar surface area (TPSA) is 81.5 Å². The Kier molecular flexibility index (Phi) is 4.78. The van der Waals surface area contributed by atoms with Crippen molar-refractivity contribution in [3.63, 3.8) is 0 Å². The number of aryl methyl sites for hydroxylation is 1. The van der Waals surface area contributed by atoms with Gasteiger partial charge in [0, 0.05) is 12.6 Å². The molecule has 27 heavy (non-hydrogen) atoms. The summed E-state index contributed by atoms with van der Waals surface area (Å²) >= 11 is 6.20. The third-order valence-corrected chi connectivity index (χ3v) is 5.67. The molecule has 7 heteroatoms. The van der Waals surface area contributed by atoms with Gasteiger partial charge in [0.05, 0.1) is 12.3 Å². The molecule has 1 N–H and O–H groups in total. The molecule has 1 saturated heterocycles. The van der Waals surface area contributed by atoms with E-state index in [9.17, 15) is 9.90 Å². The minimum absolute atomic E-state index is 0.0535. The molecule has 142 valence electrons. The van der Waals surface area contributed by atoms with Gasteiger partial charge in [-0.05, 0) is 48.9 Å². The first-order valence-electron chi connectivity index (χ1n) is 9.06. The highest BCUT2D eigenvalue weighted by atomic mass is 35.5. The van der Waals surface area contributed by atoms with E-state index >= 15 is 0 Å². The number of nitrogens with zero attached hydrogens (tertiary/aromatic N) is 2. The number of hydrogen-bond donors (Lipinski definition) is 1. The lowest BCUT2D eigenvalue weighted by Crippen LogP contribution is -2.57. The number of aliphatic carboxylic acids is 1. The van der Waals surface area contributed by atoms with Crippen LogP contribution in [-0.2, 0) is 14.9 Å². The first-order chi connectivity index (χ1) is 13.0. The van der Waals surface area contributed by atoms with Crippen LogP contribution in [-0.4, -0.2) is 39.5 Å². The van der Waals surface area contributed by atoms with Gasteiger partial charge < -0.3 is 14.6 Å². The summed E-state index contributed by atoms with van der Waals surface area (Å²) in [5, 5.41) is 18.2. The molecular formula is C20H21ClN2O4. The van der Waals surface area contributed by atoms with Crippen molar-refractivity contribution in [3.05, 3.63) is 53.3 Å². The van der Waals surface area contributed by atoms with Crippen molar-refractivity contribution in [1.29, 1.82) is 0 Å². The maximum absolute atomic E-state index is 12.5. The van der Waals surface area contributed by atoms with Crippen LogP contribution in [0, 0.1) is 6.92 Å². The molecule has 1 aliphatic carbocycles. The highest BCUT2D eigenvalue weighted by molar-refractivity contribution is 6.20. The van der Waals surface area contributed by atoms with Crippen LogP contribution in [0.15, 0.2) is 36.5 Å². The lowest BCUT2D eigenvalue weighted by molar-refractivity contribution is -0.158. The van der Waals surface area contributed by atoms with Gasteiger partial charge in [-0.3, -0.25) is 4.79 Å².